The first-order valence-corrected chi connectivity index (χ1v) is 4.67. The highest BCUT2D eigenvalue weighted by Gasteiger charge is 2.31. The number of likely N-dealkylation sites (tertiary alicyclic amines) is 1. The van der Waals surface area contributed by atoms with Gasteiger partial charge >= 0.3 is 0 Å². The van der Waals surface area contributed by atoms with Crippen molar-refractivity contribution < 1.29 is 4.79 Å². The molecule has 1 aliphatic rings. The average molecular weight is 169 g/mol. The number of carbonyl (C=O) groups is 1. The van der Waals surface area contributed by atoms with Gasteiger partial charge < -0.3 is 0 Å². The van der Waals surface area contributed by atoms with Crippen molar-refractivity contribution in [1.29, 1.82) is 0 Å². The van der Waals surface area contributed by atoms with Crippen molar-refractivity contribution in [2.45, 2.75) is 39.7 Å². The summed E-state index contributed by atoms with van der Waals surface area (Å²) in [6.45, 7) is 10.4. The predicted molar refractivity (Wildman–Crippen MR) is 50.1 cm³/mol. The lowest BCUT2D eigenvalue weighted by molar-refractivity contribution is -0.120. The molecule has 0 aliphatic carbocycles. The van der Waals surface area contributed by atoms with Crippen LogP contribution in [-0.4, -0.2) is 29.3 Å². The molecule has 0 saturated carbocycles. The third-order valence-corrected chi connectivity index (χ3v) is 2.71. The Hall–Kier alpha value is -0.370. The molecule has 0 aromatic rings. The third kappa shape index (κ3) is 2.07. The smallest absolute Gasteiger partial charge is 0.134 e. The lowest BCUT2D eigenvalue weighted by Gasteiger charge is -2.31. The van der Waals surface area contributed by atoms with Crippen LogP contribution in [0, 0.1) is 5.92 Å². The molecule has 0 spiro atoms. The Morgan fingerprint density at radius 2 is 2.00 bits per heavy atom. The van der Waals surface area contributed by atoms with E-state index in [1.165, 1.54) is 0 Å². The first-order valence-electron chi connectivity index (χ1n) is 4.67. The van der Waals surface area contributed by atoms with E-state index in [1.807, 2.05) is 0 Å². The van der Waals surface area contributed by atoms with Gasteiger partial charge in [-0.25, -0.2) is 0 Å². The van der Waals surface area contributed by atoms with Gasteiger partial charge in [0, 0.05) is 18.0 Å². The Labute approximate surface area is 74.9 Å². The Morgan fingerprint density at radius 1 is 1.42 bits per heavy atom. The summed E-state index contributed by atoms with van der Waals surface area (Å²) in [6, 6.07) is 0. The van der Waals surface area contributed by atoms with E-state index in [0.29, 0.717) is 11.7 Å². The zero-order valence-electron chi connectivity index (χ0n) is 8.55. The van der Waals surface area contributed by atoms with E-state index in [2.05, 4.69) is 25.7 Å². The normalized spacial score (nSPS) is 26.2. The molecule has 2 nitrogen and oxygen atoms in total. The highest BCUT2D eigenvalue weighted by Crippen LogP contribution is 2.24. The summed E-state index contributed by atoms with van der Waals surface area (Å²) >= 11 is 0. The Balaban J connectivity index is 2.51. The number of Topliss-reactive ketones (excluding diaryl/α,β-unsaturated/α-hetero) is 1. The van der Waals surface area contributed by atoms with Crippen LogP contribution in [-0.2, 0) is 4.79 Å². The summed E-state index contributed by atoms with van der Waals surface area (Å²) in [6.07, 6.45) is 1.05. The molecule has 0 N–H and O–H groups in total. The van der Waals surface area contributed by atoms with Gasteiger partial charge in [0.25, 0.3) is 0 Å². The highest BCUT2D eigenvalue weighted by molar-refractivity contribution is 5.78. The van der Waals surface area contributed by atoms with Gasteiger partial charge in [0.2, 0.25) is 0 Å². The minimum absolute atomic E-state index is 0.226. The second kappa shape index (κ2) is 3.17. The second-order valence-electron chi connectivity index (χ2n) is 4.71. The Kier molecular flexibility index (Phi) is 2.57. The number of ketones is 1. The Morgan fingerprint density at radius 3 is 2.25 bits per heavy atom. The van der Waals surface area contributed by atoms with E-state index in [1.54, 1.807) is 6.92 Å². The molecule has 1 unspecified atom stereocenters. The molecule has 1 fully saturated rings. The van der Waals surface area contributed by atoms with Crippen LogP contribution < -0.4 is 0 Å². The van der Waals surface area contributed by atoms with Crippen molar-refractivity contribution in [3.05, 3.63) is 0 Å². The molecule has 1 aliphatic heterocycles. The zero-order valence-corrected chi connectivity index (χ0v) is 8.55. The fraction of sp³-hybridized carbons (Fsp3) is 0.900. The molecule has 0 amide bonds. The minimum atomic E-state index is 0.226. The molecular weight excluding hydrogens is 150 g/mol. The van der Waals surface area contributed by atoms with Crippen LogP contribution in [0.2, 0.25) is 0 Å². The SMILES string of the molecule is CC(=O)C1CCN(C(C)(C)C)C1. The number of carbonyl (C=O) groups excluding carboxylic acids is 1. The molecule has 0 aromatic heterocycles. The van der Waals surface area contributed by atoms with Gasteiger partial charge in [-0.1, -0.05) is 0 Å². The standard InChI is InChI=1S/C10H19NO/c1-8(12)9-5-6-11(7-9)10(2,3)4/h9H,5-7H2,1-4H3. The molecular formula is C10H19NO. The summed E-state index contributed by atoms with van der Waals surface area (Å²) in [5, 5.41) is 0. The molecule has 2 heteroatoms. The first kappa shape index (κ1) is 9.72. The molecule has 1 atom stereocenters. The van der Waals surface area contributed by atoms with Gasteiger partial charge in [0.05, 0.1) is 0 Å². The van der Waals surface area contributed by atoms with Crippen LogP contribution in [0.15, 0.2) is 0 Å². The highest BCUT2D eigenvalue weighted by atomic mass is 16.1. The fourth-order valence-electron chi connectivity index (χ4n) is 1.70. The predicted octanol–water partition coefficient (Wildman–Crippen LogP) is 1.70. The van der Waals surface area contributed by atoms with Gasteiger partial charge in [-0.05, 0) is 40.7 Å². The number of hydrogen-bond donors (Lipinski definition) is 0. The Bertz CT molecular complexity index is 181. The maximum atomic E-state index is 11.1. The number of nitrogens with zero attached hydrogens (tertiary/aromatic N) is 1. The molecule has 0 aromatic carbocycles. The van der Waals surface area contributed by atoms with Gasteiger partial charge in [-0.3, -0.25) is 9.69 Å². The van der Waals surface area contributed by atoms with E-state index >= 15 is 0 Å². The van der Waals surface area contributed by atoms with E-state index in [0.717, 1.165) is 19.5 Å². The lowest BCUT2D eigenvalue weighted by Crippen LogP contribution is -2.39. The fourth-order valence-corrected chi connectivity index (χ4v) is 1.70. The van der Waals surface area contributed by atoms with Gasteiger partial charge in [0.1, 0.15) is 5.78 Å². The number of rotatable bonds is 1. The van der Waals surface area contributed by atoms with Crippen LogP contribution >= 0.6 is 0 Å². The van der Waals surface area contributed by atoms with E-state index in [4.69, 9.17) is 0 Å². The summed E-state index contributed by atoms with van der Waals surface area (Å²) in [5.74, 6) is 0.644. The van der Waals surface area contributed by atoms with E-state index in [-0.39, 0.29) is 5.54 Å². The molecule has 1 saturated heterocycles. The lowest BCUT2D eigenvalue weighted by atomic mass is 10.0. The summed E-state index contributed by atoms with van der Waals surface area (Å²) in [4.78, 5) is 13.5. The van der Waals surface area contributed by atoms with Gasteiger partial charge in [0.15, 0.2) is 0 Å². The summed E-state index contributed by atoms with van der Waals surface area (Å²) in [5.41, 5.74) is 0.226. The van der Waals surface area contributed by atoms with Gasteiger partial charge in [-0.2, -0.15) is 0 Å². The quantitative estimate of drug-likeness (QED) is 0.595. The van der Waals surface area contributed by atoms with Crippen molar-refractivity contribution in [3.63, 3.8) is 0 Å². The molecule has 12 heavy (non-hydrogen) atoms. The molecule has 70 valence electrons. The molecule has 1 rings (SSSR count). The second-order valence-corrected chi connectivity index (χ2v) is 4.71. The van der Waals surface area contributed by atoms with Crippen LogP contribution in [0.1, 0.15) is 34.1 Å². The van der Waals surface area contributed by atoms with Gasteiger partial charge in [-0.15, -0.1) is 0 Å². The van der Waals surface area contributed by atoms with Crippen molar-refractivity contribution in [1.82, 2.24) is 4.90 Å². The van der Waals surface area contributed by atoms with E-state index in [9.17, 15) is 4.79 Å². The summed E-state index contributed by atoms with van der Waals surface area (Å²) < 4.78 is 0. The van der Waals surface area contributed by atoms with Crippen LogP contribution in [0.3, 0.4) is 0 Å². The van der Waals surface area contributed by atoms with Crippen LogP contribution in [0.4, 0.5) is 0 Å². The topological polar surface area (TPSA) is 20.3 Å². The van der Waals surface area contributed by atoms with Crippen LogP contribution in [0.5, 0.6) is 0 Å². The average Bonchev–Trinajstić information content (AvgIpc) is 2.30. The molecule has 0 bridgehead atoms. The number of hydrogen-bond acceptors (Lipinski definition) is 2. The monoisotopic (exact) mass is 169 g/mol. The van der Waals surface area contributed by atoms with Crippen molar-refractivity contribution in [2.24, 2.45) is 5.92 Å². The largest absolute Gasteiger partial charge is 0.300 e. The molecule has 1 heterocycles. The molecule has 0 radical (unpaired) electrons. The maximum absolute atomic E-state index is 11.1. The van der Waals surface area contributed by atoms with Crippen molar-refractivity contribution >= 4 is 5.78 Å². The van der Waals surface area contributed by atoms with Crippen LogP contribution in [0.25, 0.3) is 0 Å². The maximum Gasteiger partial charge on any atom is 0.134 e. The van der Waals surface area contributed by atoms with Crippen molar-refractivity contribution in [2.75, 3.05) is 13.1 Å². The third-order valence-electron chi connectivity index (χ3n) is 2.71. The van der Waals surface area contributed by atoms with Crippen molar-refractivity contribution in [3.8, 4) is 0 Å². The first-order chi connectivity index (χ1) is 5.41. The zero-order chi connectivity index (χ0) is 9.35. The summed E-state index contributed by atoms with van der Waals surface area (Å²) in [7, 11) is 0. The van der Waals surface area contributed by atoms with E-state index < -0.39 is 0 Å². The minimum Gasteiger partial charge on any atom is -0.300 e.